The van der Waals surface area contributed by atoms with Gasteiger partial charge in [0.2, 0.25) is 5.91 Å². The number of benzene rings is 2. The molecule has 2 heterocycles. The first-order valence-electron chi connectivity index (χ1n) is 9.89. The van der Waals surface area contributed by atoms with Gasteiger partial charge in [0.25, 0.3) is 0 Å². The van der Waals surface area contributed by atoms with Crippen molar-refractivity contribution in [2.24, 2.45) is 0 Å². The van der Waals surface area contributed by atoms with Crippen molar-refractivity contribution in [2.45, 2.75) is 38.8 Å². The Labute approximate surface area is 174 Å². The molecule has 29 heavy (non-hydrogen) atoms. The van der Waals surface area contributed by atoms with Gasteiger partial charge in [0.1, 0.15) is 0 Å². The molecule has 1 N–H and O–H groups in total. The summed E-state index contributed by atoms with van der Waals surface area (Å²) in [5.41, 5.74) is 6.30. The second-order valence-electron chi connectivity index (χ2n) is 7.02. The van der Waals surface area contributed by atoms with Gasteiger partial charge in [-0.3, -0.25) is 9.20 Å². The van der Waals surface area contributed by atoms with Crippen molar-refractivity contribution in [3.05, 3.63) is 65.2 Å². The fourth-order valence-electron chi connectivity index (χ4n) is 3.68. The molecule has 0 unspecified atom stereocenters. The lowest BCUT2D eigenvalue weighted by Crippen LogP contribution is -2.17. The van der Waals surface area contributed by atoms with E-state index in [0.29, 0.717) is 0 Å². The number of thioether (sulfide) groups is 1. The maximum atomic E-state index is 12.7. The van der Waals surface area contributed by atoms with E-state index in [4.69, 9.17) is 0 Å². The molecule has 5 nitrogen and oxygen atoms in total. The molecule has 0 fully saturated rings. The van der Waals surface area contributed by atoms with Crippen LogP contribution in [0.1, 0.15) is 30.5 Å². The third-order valence-electron chi connectivity index (χ3n) is 5.17. The van der Waals surface area contributed by atoms with Crippen molar-refractivity contribution < 1.29 is 4.79 Å². The van der Waals surface area contributed by atoms with E-state index in [9.17, 15) is 4.79 Å². The lowest BCUT2D eigenvalue weighted by atomic mass is 10.0. The van der Waals surface area contributed by atoms with E-state index >= 15 is 0 Å². The molecule has 4 aromatic rings. The summed E-state index contributed by atoms with van der Waals surface area (Å²) in [5.74, 6) is 0.253. The molecule has 0 saturated carbocycles. The van der Waals surface area contributed by atoms with Gasteiger partial charge in [0.05, 0.1) is 11.3 Å². The monoisotopic (exact) mass is 404 g/mol. The van der Waals surface area contributed by atoms with E-state index in [0.717, 1.165) is 56.9 Å². The van der Waals surface area contributed by atoms with Gasteiger partial charge in [-0.15, -0.1) is 10.2 Å². The second kappa shape index (κ2) is 8.25. The van der Waals surface area contributed by atoms with Crippen LogP contribution in [-0.4, -0.2) is 26.3 Å². The molecular weight excluding hydrogens is 380 g/mol. The Kier molecular flexibility index (Phi) is 5.53. The number of para-hydroxylation sites is 2. The first kappa shape index (κ1) is 19.5. The molecule has 0 aliphatic rings. The fraction of sp³-hybridized carbons (Fsp3) is 0.261. The zero-order valence-corrected chi connectivity index (χ0v) is 17.7. The summed E-state index contributed by atoms with van der Waals surface area (Å²) in [4.78, 5) is 12.7. The van der Waals surface area contributed by atoms with Crippen molar-refractivity contribution in [3.8, 4) is 0 Å². The van der Waals surface area contributed by atoms with Crippen LogP contribution >= 0.6 is 11.8 Å². The van der Waals surface area contributed by atoms with Crippen molar-refractivity contribution >= 4 is 39.9 Å². The minimum absolute atomic E-state index is 0.0289. The van der Waals surface area contributed by atoms with Gasteiger partial charge >= 0.3 is 0 Å². The molecule has 148 valence electrons. The molecule has 0 radical (unpaired) electrons. The molecule has 1 amide bonds. The van der Waals surface area contributed by atoms with Crippen LogP contribution in [0, 0.1) is 6.92 Å². The molecule has 0 bridgehead atoms. The molecule has 2 aromatic heterocycles. The normalized spacial score (nSPS) is 11.3. The third-order valence-corrected chi connectivity index (χ3v) is 6.10. The van der Waals surface area contributed by atoms with Crippen LogP contribution in [0.5, 0.6) is 0 Å². The number of rotatable bonds is 6. The van der Waals surface area contributed by atoms with Crippen LogP contribution in [0.15, 0.2) is 53.7 Å². The Balaban J connectivity index is 1.58. The van der Waals surface area contributed by atoms with Crippen LogP contribution in [0.25, 0.3) is 16.6 Å². The van der Waals surface area contributed by atoms with E-state index in [1.165, 1.54) is 11.8 Å². The molecule has 0 aliphatic heterocycles. The summed E-state index contributed by atoms with van der Waals surface area (Å²) in [5, 5.41) is 13.6. The summed E-state index contributed by atoms with van der Waals surface area (Å²) in [7, 11) is 0. The molecule has 0 spiro atoms. The predicted octanol–water partition coefficient (Wildman–Crippen LogP) is 5.05. The maximum Gasteiger partial charge on any atom is 0.234 e. The molecule has 0 aliphatic carbocycles. The highest BCUT2D eigenvalue weighted by Gasteiger charge is 2.15. The van der Waals surface area contributed by atoms with Gasteiger partial charge in [0, 0.05) is 11.1 Å². The smallest absolute Gasteiger partial charge is 0.234 e. The number of anilines is 1. The maximum absolute atomic E-state index is 12.7. The fourth-order valence-corrected chi connectivity index (χ4v) is 4.43. The Morgan fingerprint density at radius 1 is 1.03 bits per heavy atom. The summed E-state index contributed by atoms with van der Waals surface area (Å²) >= 11 is 1.41. The first-order chi connectivity index (χ1) is 14.1. The van der Waals surface area contributed by atoms with Crippen LogP contribution in [-0.2, 0) is 17.6 Å². The Morgan fingerprint density at radius 3 is 2.48 bits per heavy atom. The van der Waals surface area contributed by atoms with Crippen LogP contribution < -0.4 is 5.32 Å². The largest absolute Gasteiger partial charge is 0.325 e. The lowest BCUT2D eigenvalue weighted by molar-refractivity contribution is -0.113. The standard InChI is InChI=1S/C23H24N4OS/c1-4-16-9-8-10-17(5-2)22(16)24-21(28)14-29-23-26-25-20-13-15(3)18-11-6-7-12-19(18)27(20)23/h6-13H,4-5,14H2,1-3H3,(H,24,28). The number of hydrogen-bond donors (Lipinski definition) is 1. The van der Waals surface area contributed by atoms with Crippen LogP contribution in [0.4, 0.5) is 5.69 Å². The number of amides is 1. The molecule has 0 saturated heterocycles. The average molecular weight is 405 g/mol. The quantitative estimate of drug-likeness (QED) is 0.457. The van der Waals surface area contributed by atoms with Crippen molar-refractivity contribution in [2.75, 3.05) is 11.1 Å². The van der Waals surface area contributed by atoms with Crippen LogP contribution in [0.3, 0.4) is 0 Å². The average Bonchev–Trinajstić information content (AvgIpc) is 3.15. The summed E-state index contributed by atoms with van der Waals surface area (Å²) in [6.45, 7) is 6.29. The minimum Gasteiger partial charge on any atom is -0.325 e. The Hall–Kier alpha value is -2.86. The number of fused-ring (bicyclic) bond motifs is 3. The SMILES string of the molecule is CCc1cccc(CC)c1NC(=O)CSc1nnc2cc(C)c3ccccc3n12. The zero-order valence-electron chi connectivity index (χ0n) is 16.9. The number of aryl methyl sites for hydroxylation is 3. The van der Waals surface area contributed by atoms with Crippen LogP contribution in [0.2, 0.25) is 0 Å². The van der Waals surface area contributed by atoms with Crippen molar-refractivity contribution in [1.82, 2.24) is 14.6 Å². The number of carbonyl (C=O) groups is 1. The Morgan fingerprint density at radius 2 is 1.76 bits per heavy atom. The highest BCUT2D eigenvalue weighted by Crippen LogP contribution is 2.27. The summed E-state index contributed by atoms with van der Waals surface area (Å²) in [6, 6.07) is 16.4. The number of nitrogens with one attached hydrogen (secondary N) is 1. The van der Waals surface area contributed by atoms with E-state index in [1.54, 1.807) is 0 Å². The van der Waals surface area contributed by atoms with Gasteiger partial charge in [0.15, 0.2) is 10.8 Å². The highest BCUT2D eigenvalue weighted by atomic mass is 32.2. The molecule has 6 heteroatoms. The predicted molar refractivity (Wildman–Crippen MR) is 120 cm³/mol. The molecule has 4 rings (SSSR count). The van der Waals surface area contributed by atoms with Crippen molar-refractivity contribution in [3.63, 3.8) is 0 Å². The number of carbonyl (C=O) groups excluding carboxylic acids is 1. The number of hydrogen-bond acceptors (Lipinski definition) is 4. The summed E-state index contributed by atoms with van der Waals surface area (Å²) < 4.78 is 2.03. The highest BCUT2D eigenvalue weighted by molar-refractivity contribution is 7.99. The van der Waals surface area contributed by atoms with E-state index in [-0.39, 0.29) is 11.7 Å². The van der Waals surface area contributed by atoms with Gasteiger partial charge in [-0.05, 0) is 48.6 Å². The lowest BCUT2D eigenvalue weighted by Gasteiger charge is -2.14. The Bertz CT molecular complexity index is 1180. The van der Waals surface area contributed by atoms with Gasteiger partial charge in [-0.2, -0.15) is 0 Å². The molecular formula is C23H24N4OS. The summed E-state index contributed by atoms with van der Waals surface area (Å²) in [6.07, 6.45) is 1.77. The van der Waals surface area contributed by atoms with Gasteiger partial charge in [-0.1, -0.05) is 62.0 Å². The van der Waals surface area contributed by atoms with E-state index < -0.39 is 0 Å². The zero-order chi connectivity index (χ0) is 20.4. The second-order valence-corrected chi connectivity index (χ2v) is 7.96. The number of aromatic nitrogens is 3. The van der Waals surface area contributed by atoms with E-state index in [1.807, 2.05) is 22.6 Å². The number of pyridine rings is 1. The van der Waals surface area contributed by atoms with Crippen molar-refractivity contribution in [1.29, 1.82) is 0 Å². The van der Waals surface area contributed by atoms with Gasteiger partial charge in [-0.25, -0.2) is 0 Å². The molecule has 0 atom stereocenters. The van der Waals surface area contributed by atoms with Gasteiger partial charge < -0.3 is 5.32 Å². The third kappa shape index (κ3) is 3.72. The topological polar surface area (TPSA) is 59.3 Å². The van der Waals surface area contributed by atoms with E-state index in [2.05, 4.69) is 66.6 Å². The number of nitrogens with zero attached hydrogens (tertiary/aromatic N) is 3. The minimum atomic E-state index is -0.0289. The first-order valence-corrected chi connectivity index (χ1v) is 10.9. The molecule has 2 aromatic carbocycles.